The van der Waals surface area contributed by atoms with Crippen molar-refractivity contribution in [3.8, 4) is 0 Å². The molecule has 4 bridgehead atoms. The second-order valence-electron chi connectivity index (χ2n) is 7.15. The van der Waals surface area contributed by atoms with E-state index in [-0.39, 0.29) is 0 Å². The van der Waals surface area contributed by atoms with Gasteiger partial charge in [0.2, 0.25) is 0 Å². The number of halogens is 1. The zero-order valence-corrected chi connectivity index (χ0v) is 12.5. The molecule has 5 aliphatic carbocycles. The van der Waals surface area contributed by atoms with Crippen LogP contribution in [-0.2, 0) is 0 Å². The first kappa shape index (κ1) is 11.7. The van der Waals surface area contributed by atoms with Gasteiger partial charge in [-0.2, -0.15) is 0 Å². The molecule has 0 saturated heterocycles. The van der Waals surface area contributed by atoms with Crippen LogP contribution < -0.4 is 5.32 Å². The van der Waals surface area contributed by atoms with Crippen LogP contribution in [0.3, 0.4) is 0 Å². The van der Waals surface area contributed by atoms with Crippen LogP contribution in [0.1, 0.15) is 44.9 Å². The van der Waals surface area contributed by atoms with Crippen molar-refractivity contribution in [1.82, 2.24) is 5.32 Å². The molecule has 0 aromatic carbocycles. The van der Waals surface area contributed by atoms with E-state index in [9.17, 15) is 0 Å². The standard InChI is InChI=1S/C16H22BrN/c17-15-2-1-11(6-15)10-18-16-7-12-3-13(8-16)5-14(4-12)9-16/h2,6,12-14,18H,1,3-5,7-10H2. The predicted molar refractivity (Wildman–Crippen MR) is 78.6 cm³/mol. The summed E-state index contributed by atoms with van der Waals surface area (Å²) in [5.41, 5.74) is 2.07. The fraction of sp³-hybridized carbons (Fsp3) is 0.750. The Morgan fingerprint density at radius 2 is 1.72 bits per heavy atom. The van der Waals surface area contributed by atoms with Gasteiger partial charge in [-0.3, -0.25) is 0 Å². The highest BCUT2D eigenvalue weighted by atomic mass is 79.9. The Kier molecular flexibility index (Phi) is 2.74. The summed E-state index contributed by atoms with van der Waals surface area (Å²) in [6.45, 7) is 1.11. The molecule has 0 aromatic heterocycles. The fourth-order valence-corrected chi connectivity index (χ4v) is 5.78. The molecule has 0 spiro atoms. The molecule has 0 aliphatic heterocycles. The highest BCUT2D eigenvalue weighted by Crippen LogP contribution is 2.55. The van der Waals surface area contributed by atoms with Crippen LogP contribution >= 0.6 is 15.9 Å². The molecule has 98 valence electrons. The predicted octanol–water partition coefficient (Wildman–Crippen LogP) is 4.15. The van der Waals surface area contributed by atoms with Crippen LogP contribution in [0.2, 0.25) is 0 Å². The summed E-state index contributed by atoms with van der Waals surface area (Å²) in [5, 5.41) is 3.97. The molecule has 0 aromatic rings. The summed E-state index contributed by atoms with van der Waals surface area (Å²) < 4.78 is 1.27. The van der Waals surface area contributed by atoms with Crippen molar-refractivity contribution in [3.63, 3.8) is 0 Å². The van der Waals surface area contributed by atoms with Crippen LogP contribution in [0.4, 0.5) is 0 Å². The Morgan fingerprint density at radius 3 is 2.22 bits per heavy atom. The molecule has 5 rings (SSSR count). The number of rotatable bonds is 3. The van der Waals surface area contributed by atoms with Crippen LogP contribution in [0.25, 0.3) is 0 Å². The van der Waals surface area contributed by atoms with Gasteiger partial charge in [0.15, 0.2) is 0 Å². The lowest BCUT2D eigenvalue weighted by molar-refractivity contribution is -0.0182. The molecule has 0 unspecified atom stereocenters. The summed E-state index contributed by atoms with van der Waals surface area (Å²) in [4.78, 5) is 0. The maximum atomic E-state index is 3.97. The molecule has 5 aliphatic rings. The SMILES string of the molecule is BrC1=CCC(CNC23CC4CC(CC(C4)C2)C3)=C1. The number of nitrogens with one attached hydrogen (secondary N) is 1. The highest BCUT2D eigenvalue weighted by molar-refractivity contribution is 9.11. The van der Waals surface area contributed by atoms with Gasteiger partial charge < -0.3 is 5.32 Å². The minimum atomic E-state index is 0.519. The molecule has 0 heterocycles. The molecule has 0 amide bonds. The Morgan fingerprint density at radius 1 is 1.11 bits per heavy atom. The van der Waals surface area contributed by atoms with Crippen molar-refractivity contribution in [1.29, 1.82) is 0 Å². The van der Waals surface area contributed by atoms with Gasteiger partial charge in [0.05, 0.1) is 0 Å². The number of hydrogen-bond donors (Lipinski definition) is 1. The molecular weight excluding hydrogens is 286 g/mol. The molecule has 4 fully saturated rings. The summed E-state index contributed by atoms with van der Waals surface area (Å²) in [7, 11) is 0. The molecular formula is C16H22BrN. The van der Waals surface area contributed by atoms with E-state index in [4.69, 9.17) is 0 Å². The quantitative estimate of drug-likeness (QED) is 0.826. The van der Waals surface area contributed by atoms with Gasteiger partial charge >= 0.3 is 0 Å². The van der Waals surface area contributed by atoms with E-state index in [1.165, 1.54) is 43.0 Å². The van der Waals surface area contributed by atoms with Crippen molar-refractivity contribution in [3.05, 3.63) is 22.2 Å². The van der Waals surface area contributed by atoms with Gasteiger partial charge in [0, 0.05) is 16.6 Å². The van der Waals surface area contributed by atoms with Gasteiger partial charge in [-0.15, -0.1) is 0 Å². The van der Waals surface area contributed by atoms with Gasteiger partial charge in [-0.1, -0.05) is 27.6 Å². The molecule has 4 saturated carbocycles. The van der Waals surface area contributed by atoms with Crippen molar-refractivity contribution in [2.24, 2.45) is 17.8 Å². The van der Waals surface area contributed by atoms with Crippen molar-refractivity contribution in [2.45, 2.75) is 50.5 Å². The van der Waals surface area contributed by atoms with E-state index in [0.29, 0.717) is 5.54 Å². The van der Waals surface area contributed by atoms with Crippen molar-refractivity contribution >= 4 is 15.9 Å². The molecule has 18 heavy (non-hydrogen) atoms. The summed E-state index contributed by atoms with van der Waals surface area (Å²) in [6.07, 6.45) is 14.7. The molecule has 2 heteroatoms. The molecule has 1 nitrogen and oxygen atoms in total. The summed E-state index contributed by atoms with van der Waals surface area (Å²) in [6, 6.07) is 0. The van der Waals surface area contributed by atoms with Gasteiger partial charge in [0.1, 0.15) is 0 Å². The largest absolute Gasteiger partial charge is 0.307 e. The number of hydrogen-bond acceptors (Lipinski definition) is 1. The van der Waals surface area contributed by atoms with Gasteiger partial charge in [-0.05, 0) is 68.8 Å². The highest BCUT2D eigenvalue weighted by Gasteiger charge is 2.50. The normalized spacial score (nSPS) is 45.3. The van der Waals surface area contributed by atoms with Crippen LogP contribution in [0, 0.1) is 17.8 Å². The Hall–Kier alpha value is -0.0800. The topological polar surface area (TPSA) is 12.0 Å². The molecule has 0 radical (unpaired) electrons. The van der Waals surface area contributed by atoms with E-state index in [1.54, 1.807) is 5.57 Å². The zero-order valence-electron chi connectivity index (χ0n) is 10.9. The Bertz CT molecular complexity index is 386. The van der Waals surface area contributed by atoms with E-state index in [1.807, 2.05) is 0 Å². The van der Waals surface area contributed by atoms with Crippen LogP contribution in [0.15, 0.2) is 22.2 Å². The van der Waals surface area contributed by atoms with Crippen LogP contribution in [-0.4, -0.2) is 12.1 Å². The second-order valence-corrected chi connectivity index (χ2v) is 8.06. The summed E-state index contributed by atoms with van der Waals surface area (Å²) in [5.74, 6) is 3.14. The third kappa shape index (κ3) is 2.02. The second kappa shape index (κ2) is 4.21. The van der Waals surface area contributed by atoms with Crippen LogP contribution in [0.5, 0.6) is 0 Å². The average molecular weight is 308 g/mol. The van der Waals surface area contributed by atoms with Crippen molar-refractivity contribution in [2.75, 3.05) is 6.54 Å². The smallest absolute Gasteiger partial charge is 0.0192 e. The van der Waals surface area contributed by atoms with Gasteiger partial charge in [0.25, 0.3) is 0 Å². The van der Waals surface area contributed by atoms with E-state index in [0.717, 1.165) is 30.7 Å². The molecule has 1 N–H and O–H groups in total. The minimum absolute atomic E-state index is 0.519. The lowest BCUT2D eigenvalue weighted by Crippen LogP contribution is -2.58. The summed E-state index contributed by atoms with van der Waals surface area (Å²) >= 11 is 3.57. The Balaban J connectivity index is 1.44. The monoisotopic (exact) mass is 307 g/mol. The first-order valence-electron chi connectivity index (χ1n) is 7.51. The first-order chi connectivity index (χ1) is 8.71. The molecule has 0 atom stereocenters. The maximum absolute atomic E-state index is 3.97. The Labute approximate surface area is 118 Å². The third-order valence-electron chi connectivity index (χ3n) is 5.63. The third-order valence-corrected chi connectivity index (χ3v) is 6.18. The van der Waals surface area contributed by atoms with E-state index >= 15 is 0 Å². The lowest BCUT2D eigenvalue weighted by atomic mass is 9.53. The van der Waals surface area contributed by atoms with Gasteiger partial charge in [-0.25, -0.2) is 0 Å². The van der Waals surface area contributed by atoms with E-state index < -0.39 is 0 Å². The zero-order chi connectivity index (χ0) is 12.2. The fourth-order valence-electron chi connectivity index (χ4n) is 5.29. The average Bonchev–Trinajstić information content (AvgIpc) is 2.71. The minimum Gasteiger partial charge on any atom is -0.307 e. The lowest BCUT2D eigenvalue weighted by Gasteiger charge is -2.57. The number of allylic oxidation sites excluding steroid dienone is 3. The first-order valence-corrected chi connectivity index (χ1v) is 8.30. The maximum Gasteiger partial charge on any atom is 0.0192 e. The van der Waals surface area contributed by atoms with Crippen molar-refractivity contribution < 1.29 is 0 Å². The van der Waals surface area contributed by atoms with E-state index in [2.05, 4.69) is 33.4 Å².